The standard InChI is InChI=1S/C6H14NO.Li/c1-6(2,5-8)7(3)4;/h5H2,1-4H3;/q-1;+1. The van der Waals surface area contributed by atoms with E-state index in [0.29, 0.717) is 0 Å². The van der Waals surface area contributed by atoms with E-state index in [0.717, 1.165) is 0 Å². The number of likely N-dealkylation sites (N-methyl/N-ethyl adjacent to an activating group) is 1. The number of hydrogen-bond acceptors (Lipinski definition) is 2. The maximum absolute atomic E-state index is 10.4. The summed E-state index contributed by atoms with van der Waals surface area (Å²) in [5.74, 6) is 0. The van der Waals surface area contributed by atoms with Gasteiger partial charge in [-0.1, -0.05) is 0 Å². The Balaban J connectivity index is 0. The van der Waals surface area contributed by atoms with Gasteiger partial charge in [0.25, 0.3) is 0 Å². The van der Waals surface area contributed by atoms with Gasteiger partial charge in [0.2, 0.25) is 0 Å². The predicted molar refractivity (Wildman–Crippen MR) is 32.6 cm³/mol. The SMILES string of the molecule is CN(C)C(C)(C)C[O-].[Li+]. The van der Waals surface area contributed by atoms with Crippen LogP contribution in [0.3, 0.4) is 0 Å². The van der Waals surface area contributed by atoms with Gasteiger partial charge in [-0.3, -0.25) is 0 Å². The zero-order valence-electron chi connectivity index (χ0n) is 7.06. The van der Waals surface area contributed by atoms with E-state index in [2.05, 4.69) is 0 Å². The average molecular weight is 123 g/mol. The van der Waals surface area contributed by atoms with E-state index in [1.54, 1.807) is 0 Å². The van der Waals surface area contributed by atoms with Crippen LogP contribution < -0.4 is 24.0 Å². The minimum atomic E-state index is -0.181. The normalized spacial score (nSPS) is 11.3. The topological polar surface area (TPSA) is 26.3 Å². The molecule has 0 amide bonds. The van der Waals surface area contributed by atoms with Crippen molar-refractivity contribution in [2.75, 3.05) is 20.7 Å². The Hall–Kier alpha value is 0.517. The molecule has 0 saturated heterocycles. The minimum absolute atomic E-state index is 0. The molecule has 0 unspecified atom stereocenters. The van der Waals surface area contributed by atoms with Crippen LogP contribution in [0.4, 0.5) is 0 Å². The van der Waals surface area contributed by atoms with Crippen LogP contribution in [0, 0.1) is 0 Å². The number of rotatable bonds is 2. The summed E-state index contributed by atoms with van der Waals surface area (Å²) in [4.78, 5) is 1.93. The summed E-state index contributed by atoms with van der Waals surface area (Å²) in [5, 5.41) is 10.4. The van der Waals surface area contributed by atoms with Crippen LogP contribution in [-0.4, -0.2) is 31.1 Å². The zero-order valence-corrected chi connectivity index (χ0v) is 7.06. The summed E-state index contributed by atoms with van der Waals surface area (Å²) in [6.07, 6.45) is 0. The van der Waals surface area contributed by atoms with Crippen molar-refractivity contribution in [2.45, 2.75) is 19.4 Å². The molecule has 0 aromatic carbocycles. The molecule has 0 aromatic rings. The Morgan fingerprint density at radius 2 is 1.67 bits per heavy atom. The molecule has 9 heavy (non-hydrogen) atoms. The summed E-state index contributed by atoms with van der Waals surface area (Å²) in [6, 6.07) is 0. The Morgan fingerprint density at radius 1 is 1.33 bits per heavy atom. The van der Waals surface area contributed by atoms with Gasteiger partial charge >= 0.3 is 18.9 Å². The Kier molecular flexibility index (Phi) is 5.91. The van der Waals surface area contributed by atoms with Gasteiger partial charge in [0.1, 0.15) is 0 Å². The summed E-state index contributed by atoms with van der Waals surface area (Å²) in [6.45, 7) is 3.82. The van der Waals surface area contributed by atoms with Gasteiger partial charge in [-0.2, -0.15) is 0 Å². The number of hydrogen-bond donors (Lipinski definition) is 0. The molecular weight excluding hydrogens is 109 g/mol. The average Bonchev–Trinajstić information content (AvgIpc) is 1.67. The molecule has 2 nitrogen and oxygen atoms in total. The van der Waals surface area contributed by atoms with Gasteiger partial charge in [-0.05, 0) is 33.5 Å². The molecule has 0 aliphatic carbocycles. The van der Waals surface area contributed by atoms with E-state index in [-0.39, 0.29) is 31.0 Å². The molecule has 0 spiro atoms. The van der Waals surface area contributed by atoms with Crippen LogP contribution in [-0.2, 0) is 0 Å². The van der Waals surface area contributed by atoms with Crippen LogP contribution in [0.15, 0.2) is 0 Å². The minimum Gasteiger partial charge on any atom is -0.853 e. The van der Waals surface area contributed by atoms with Crippen LogP contribution in [0.1, 0.15) is 13.8 Å². The molecule has 0 bridgehead atoms. The maximum Gasteiger partial charge on any atom is 1.00 e. The predicted octanol–water partition coefficient (Wildman–Crippen LogP) is -3.31. The van der Waals surface area contributed by atoms with E-state index >= 15 is 0 Å². The van der Waals surface area contributed by atoms with Gasteiger partial charge in [0.15, 0.2) is 0 Å². The molecule has 0 N–H and O–H groups in total. The first-order chi connectivity index (χ1) is 3.50. The van der Waals surface area contributed by atoms with Crippen molar-refractivity contribution < 1.29 is 24.0 Å². The molecule has 0 aliphatic heterocycles. The first-order valence-electron chi connectivity index (χ1n) is 2.76. The molecule has 3 heteroatoms. The van der Waals surface area contributed by atoms with Crippen LogP contribution in [0.5, 0.6) is 0 Å². The summed E-state index contributed by atoms with van der Waals surface area (Å²) < 4.78 is 0. The molecule has 0 rings (SSSR count). The van der Waals surface area contributed by atoms with Crippen molar-refractivity contribution >= 4 is 0 Å². The molecule has 0 fully saturated rings. The van der Waals surface area contributed by atoms with Gasteiger partial charge in [-0.15, -0.1) is 6.61 Å². The van der Waals surface area contributed by atoms with Crippen molar-refractivity contribution in [3.05, 3.63) is 0 Å². The zero-order chi connectivity index (χ0) is 6.78. The van der Waals surface area contributed by atoms with Crippen molar-refractivity contribution in [3.63, 3.8) is 0 Å². The Morgan fingerprint density at radius 3 is 1.67 bits per heavy atom. The fourth-order valence-corrected chi connectivity index (χ4v) is 0.129. The van der Waals surface area contributed by atoms with Gasteiger partial charge in [0, 0.05) is 0 Å². The van der Waals surface area contributed by atoms with Crippen molar-refractivity contribution in [1.82, 2.24) is 4.90 Å². The monoisotopic (exact) mass is 123 g/mol. The summed E-state index contributed by atoms with van der Waals surface area (Å²) in [7, 11) is 3.83. The fraction of sp³-hybridized carbons (Fsp3) is 1.00. The van der Waals surface area contributed by atoms with Crippen LogP contribution in [0.2, 0.25) is 0 Å². The first-order valence-corrected chi connectivity index (χ1v) is 2.76. The third kappa shape index (κ3) is 3.99. The Bertz CT molecular complexity index is 73.5. The molecule has 0 atom stereocenters. The molecule has 50 valence electrons. The van der Waals surface area contributed by atoms with Gasteiger partial charge in [0.05, 0.1) is 0 Å². The molecule has 0 aliphatic rings. The van der Waals surface area contributed by atoms with Crippen molar-refractivity contribution in [1.29, 1.82) is 0 Å². The van der Waals surface area contributed by atoms with E-state index in [1.807, 2.05) is 32.8 Å². The van der Waals surface area contributed by atoms with E-state index in [1.165, 1.54) is 0 Å². The van der Waals surface area contributed by atoms with E-state index in [9.17, 15) is 5.11 Å². The molecule has 0 saturated carbocycles. The quantitative estimate of drug-likeness (QED) is 0.359. The first kappa shape index (κ1) is 12.2. The third-order valence-electron chi connectivity index (χ3n) is 1.56. The van der Waals surface area contributed by atoms with Crippen molar-refractivity contribution in [2.24, 2.45) is 0 Å². The van der Waals surface area contributed by atoms with Crippen LogP contribution >= 0.6 is 0 Å². The second-order valence-corrected chi connectivity index (χ2v) is 2.85. The van der Waals surface area contributed by atoms with Crippen molar-refractivity contribution in [3.8, 4) is 0 Å². The summed E-state index contributed by atoms with van der Waals surface area (Å²) in [5.41, 5.74) is -0.181. The Labute approximate surface area is 69.4 Å². The van der Waals surface area contributed by atoms with E-state index in [4.69, 9.17) is 0 Å². The molecule has 0 radical (unpaired) electrons. The third-order valence-corrected chi connectivity index (χ3v) is 1.56. The number of nitrogens with zero attached hydrogens (tertiary/aromatic N) is 1. The molecule has 0 heterocycles. The fourth-order valence-electron chi connectivity index (χ4n) is 0.129. The second kappa shape index (κ2) is 4.35. The smallest absolute Gasteiger partial charge is 0.853 e. The second-order valence-electron chi connectivity index (χ2n) is 2.85. The van der Waals surface area contributed by atoms with Gasteiger partial charge < -0.3 is 10.0 Å². The molecular formula is C6H14LiNO. The summed E-state index contributed by atoms with van der Waals surface area (Å²) >= 11 is 0. The largest absolute Gasteiger partial charge is 1.00 e. The molecule has 0 aromatic heterocycles. The van der Waals surface area contributed by atoms with E-state index < -0.39 is 0 Å². The maximum atomic E-state index is 10.4. The van der Waals surface area contributed by atoms with Crippen LogP contribution in [0.25, 0.3) is 0 Å². The van der Waals surface area contributed by atoms with Gasteiger partial charge in [-0.25, -0.2) is 0 Å².